The van der Waals surface area contributed by atoms with Gasteiger partial charge >= 0.3 is 5.69 Å². The van der Waals surface area contributed by atoms with E-state index >= 15 is 0 Å². The lowest BCUT2D eigenvalue weighted by Gasteiger charge is -1.98. The van der Waals surface area contributed by atoms with Gasteiger partial charge in [-0.3, -0.25) is 10.1 Å². The van der Waals surface area contributed by atoms with Crippen LogP contribution in [-0.2, 0) is 0 Å². The molecule has 0 aliphatic rings. The maximum Gasteiger partial charge on any atom is 0.311 e. The standard InChI is InChI=1S/C8H7N5O2/c9-7-6(13(14)15)2-1-5(12-7)8-10-3-4-11-8/h1-4H,(H2,9,12)(H,10,11). The largest absolute Gasteiger partial charge is 0.378 e. The van der Waals surface area contributed by atoms with Crippen molar-refractivity contribution in [2.45, 2.75) is 0 Å². The SMILES string of the molecule is Nc1nc(-c2ncc[nH]2)ccc1[N+](=O)[O-]. The molecule has 3 N–H and O–H groups in total. The van der Waals surface area contributed by atoms with Gasteiger partial charge in [0.2, 0.25) is 5.82 Å². The molecule has 0 amide bonds. The number of pyridine rings is 1. The number of nitrogen functional groups attached to an aromatic ring is 1. The Labute approximate surface area is 84.1 Å². The van der Waals surface area contributed by atoms with Crippen LogP contribution in [0, 0.1) is 10.1 Å². The molecule has 7 heteroatoms. The van der Waals surface area contributed by atoms with Gasteiger partial charge in [-0.15, -0.1) is 0 Å². The average Bonchev–Trinajstić information content (AvgIpc) is 2.69. The van der Waals surface area contributed by atoms with E-state index in [1.54, 1.807) is 12.4 Å². The number of nitrogens with one attached hydrogen (secondary N) is 1. The number of rotatable bonds is 2. The maximum absolute atomic E-state index is 10.5. The summed E-state index contributed by atoms with van der Waals surface area (Å²) in [4.78, 5) is 20.6. The number of hydrogen-bond acceptors (Lipinski definition) is 5. The molecule has 0 aromatic carbocycles. The summed E-state index contributed by atoms with van der Waals surface area (Å²) in [5.41, 5.74) is 5.71. The lowest BCUT2D eigenvalue weighted by atomic mass is 10.3. The van der Waals surface area contributed by atoms with Gasteiger partial charge < -0.3 is 10.7 Å². The zero-order valence-electron chi connectivity index (χ0n) is 7.54. The van der Waals surface area contributed by atoms with Crippen LogP contribution < -0.4 is 5.73 Å². The van der Waals surface area contributed by atoms with Crippen molar-refractivity contribution in [3.8, 4) is 11.5 Å². The second kappa shape index (κ2) is 3.37. The number of anilines is 1. The highest BCUT2D eigenvalue weighted by Crippen LogP contribution is 2.22. The van der Waals surface area contributed by atoms with E-state index in [-0.39, 0.29) is 11.5 Å². The third-order valence-electron chi connectivity index (χ3n) is 1.84. The molecule has 0 saturated carbocycles. The first-order chi connectivity index (χ1) is 7.18. The number of aromatic amines is 1. The van der Waals surface area contributed by atoms with Crippen LogP contribution in [0.1, 0.15) is 0 Å². The summed E-state index contributed by atoms with van der Waals surface area (Å²) in [5, 5.41) is 10.5. The van der Waals surface area contributed by atoms with E-state index in [2.05, 4.69) is 15.0 Å². The van der Waals surface area contributed by atoms with E-state index in [1.165, 1.54) is 12.1 Å². The van der Waals surface area contributed by atoms with Crippen molar-refractivity contribution in [1.82, 2.24) is 15.0 Å². The number of imidazole rings is 1. The van der Waals surface area contributed by atoms with E-state index in [0.717, 1.165) is 0 Å². The average molecular weight is 205 g/mol. The molecule has 0 fully saturated rings. The molecule has 7 nitrogen and oxygen atoms in total. The van der Waals surface area contributed by atoms with Gasteiger partial charge in [-0.05, 0) is 6.07 Å². The van der Waals surface area contributed by atoms with E-state index in [1.807, 2.05) is 0 Å². The molecule has 0 unspecified atom stereocenters. The monoisotopic (exact) mass is 205 g/mol. The first-order valence-corrected chi connectivity index (χ1v) is 4.09. The Morgan fingerprint density at radius 1 is 1.47 bits per heavy atom. The van der Waals surface area contributed by atoms with Crippen molar-refractivity contribution >= 4 is 11.5 Å². The van der Waals surface area contributed by atoms with Crippen molar-refractivity contribution in [1.29, 1.82) is 0 Å². The van der Waals surface area contributed by atoms with Gasteiger partial charge in [0.25, 0.3) is 0 Å². The van der Waals surface area contributed by atoms with Gasteiger partial charge in [-0.2, -0.15) is 0 Å². The number of nitrogens with two attached hydrogens (primary N) is 1. The second-order valence-electron chi connectivity index (χ2n) is 2.80. The molecular formula is C8H7N5O2. The first kappa shape index (κ1) is 9.13. The number of hydrogen-bond donors (Lipinski definition) is 2. The second-order valence-corrected chi connectivity index (χ2v) is 2.80. The van der Waals surface area contributed by atoms with Gasteiger partial charge in [0.15, 0.2) is 5.82 Å². The molecule has 2 heterocycles. The highest BCUT2D eigenvalue weighted by atomic mass is 16.6. The summed E-state index contributed by atoms with van der Waals surface area (Å²) >= 11 is 0. The molecule has 2 rings (SSSR count). The van der Waals surface area contributed by atoms with Gasteiger partial charge in [-0.25, -0.2) is 9.97 Å². The van der Waals surface area contributed by atoms with Crippen LogP contribution in [0.3, 0.4) is 0 Å². The predicted octanol–water partition coefficient (Wildman–Crippen LogP) is 0.962. The number of aromatic nitrogens is 3. The highest BCUT2D eigenvalue weighted by Gasteiger charge is 2.13. The zero-order chi connectivity index (χ0) is 10.8. The molecule has 2 aromatic rings. The highest BCUT2D eigenvalue weighted by molar-refractivity contribution is 5.60. The molecular weight excluding hydrogens is 198 g/mol. The van der Waals surface area contributed by atoms with Crippen LogP contribution in [0.25, 0.3) is 11.5 Å². The topological polar surface area (TPSA) is 111 Å². The predicted molar refractivity (Wildman–Crippen MR) is 52.9 cm³/mol. The summed E-state index contributed by atoms with van der Waals surface area (Å²) in [7, 11) is 0. The normalized spacial score (nSPS) is 10.1. The van der Waals surface area contributed by atoms with E-state index in [9.17, 15) is 10.1 Å². The molecule has 0 bridgehead atoms. The van der Waals surface area contributed by atoms with E-state index < -0.39 is 4.92 Å². The Hall–Kier alpha value is -2.44. The summed E-state index contributed by atoms with van der Waals surface area (Å²) in [6.45, 7) is 0. The van der Waals surface area contributed by atoms with Crippen LogP contribution in [0.15, 0.2) is 24.5 Å². The Kier molecular flexibility index (Phi) is 2.05. The molecule has 0 atom stereocenters. The molecule has 2 aromatic heterocycles. The smallest absolute Gasteiger partial charge is 0.311 e. The Morgan fingerprint density at radius 3 is 2.80 bits per heavy atom. The number of nitro groups is 1. The molecule has 76 valence electrons. The Bertz CT molecular complexity index is 494. The molecule has 0 saturated heterocycles. The minimum absolute atomic E-state index is 0.117. The minimum Gasteiger partial charge on any atom is -0.378 e. The lowest BCUT2D eigenvalue weighted by molar-refractivity contribution is -0.384. The quantitative estimate of drug-likeness (QED) is 0.560. The third-order valence-corrected chi connectivity index (χ3v) is 1.84. The van der Waals surface area contributed by atoms with Crippen LogP contribution in [0.5, 0.6) is 0 Å². The van der Waals surface area contributed by atoms with E-state index in [4.69, 9.17) is 5.73 Å². The minimum atomic E-state index is -0.575. The summed E-state index contributed by atoms with van der Waals surface area (Å²) in [5.74, 6) is 0.408. The van der Waals surface area contributed by atoms with Crippen molar-refractivity contribution < 1.29 is 4.92 Å². The van der Waals surface area contributed by atoms with Crippen LogP contribution in [0.2, 0.25) is 0 Å². The fourth-order valence-corrected chi connectivity index (χ4v) is 1.16. The number of nitrogens with zero attached hydrogens (tertiary/aromatic N) is 3. The van der Waals surface area contributed by atoms with E-state index in [0.29, 0.717) is 11.5 Å². The van der Waals surface area contributed by atoms with Crippen LogP contribution in [0.4, 0.5) is 11.5 Å². The lowest BCUT2D eigenvalue weighted by Crippen LogP contribution is -1.99. The molecule has 15 heavy (non-hydrogen) atoms. The van der Waals surface area contributed by atoms with Crippen LogP contribution in [-0.4, -0.2) is 19.9 Å². The molecule has 0 radical (unpaired) electrons. The molecule has 0 aliphatic heterocycles. The van der Waals surface area contributed by atoms with Crippen LogP contribution >= 0.6 is 0 Å². The Balaban J connectivity index is 2.47. The van der Waals surface area contributed by atoms with Crippen molar-refractivity contribution in [3.05, 3.63) is 34.6 Å². The first-order valence-electron chi connectivity index (χ1n) is 4.09. The van der Waals surface area contributed by atoms with Gasteiger partial charge in [0, 0.05) is 18.5 Å². The molecule has 0 spiro atoms. The Morgan fingerprint density at radius 2 is 2.27 bits per heavy atom. The van der Waals surface area contributed by atoms with Gasteiger partial charge in [0.05, 0.1) is 4.92 Å². The fraction of sp³-hybridized carbons (Fsp3) is 0. The summed E-state index contributed by atoms with van der Waals surface area (Å²) < 4.78 is 0. The number of H-pyrrole nitrogens is 1. The van der Waals surface area contributed by atoms with Crippen molar-refractivity contribution in [2.75, 3.05) is 5.73 Å². The fourth-order valence-electron chi connectivity index (χ4n) is 1.16. The summed E-state index contributed by atoms with van der Waals surface area (Å²) in [6, 6.07) is 2.80. The van der Waals surface area contributed by atoms with Crippen molar-refractivity contribution in [2.24, 2.45) is 0 Å². The summed E-state index contributed by atoms with van der Waals surface area (Å²) in [6.07, 6.45) is 3.20. The van der Waals surface area contributed by atoms with Crippen molar-refractivity contribution in [3.63, 3.8) is 0 Å². The third kappa shape index (κ3) is 1.62. The molecule has 0 aliphatic carbocycles. The maximum atomic E-state index is 10.5. The van der Waals surface area contributed by atoms with Gasteiger partial charge in [0.1, 0.15) is 5.69 Å². The van der Waals surface area contributed by atoms with Gasteiger partial charge in [-0.1, -0.05) is 0 Å². The zero-order valence-corrected chi connectivity index (χ0v) is 7.54.